The lowest BCUT2D eigenvalue weighted by Gasteiger charge is -2.11. The molecule has 0 aliphatic heterocycles. The molecule has 2 N–H and O–H groups in total. The van der Waals surface area contributed by atoms with Crippen molar-refractivity contribution in [3.05, 3.63) is 24.3 Å². The van der Waals surface area contributed by atoms with Crippen molar-refractivity contribution in [2.45, 2.75) is 33.1 Å². The molecule has 1 aromatic carbocycles. The Balaban J connectivity index is 0.00000484. The van der Waals surface area contributed by atoms with E-state index in [9.17, 15) is 0 Å². The normalized spacial score (nSPS) is 10.7. The molecule has 0 amide bonds. The maximum Gasteiger partial charge on any atom is 0.191 e. The fourth-order valence-corrected chi connectivity index (χ4v) is 1.86. The van der Waals surface area contributed by atoms with E-state index in [1.54, 1.807) is 7.11 Å². The number of nitrogens with zero attached hydrogens (tertiary/aromatic N) is 1. The monoisotopic (exact) mass is 435 g/mol. The maximum atomic E-state index is 5.70. The Bertz CT molecular complexity index is 442. The number of aliphatic imine (C=N–C) groups is 1. The van der Waals surface area contributed by atoms with Crippen LogP contribution in [0.15, 0.2) is 29.3 Å². The molecule has 132 valence electrons. The molecule has 1 rings (SSSR count). The first-order valence-electron chi connectivity index (χ1n) is 8.09. The van der Waals surface area contributed by atoms with Gasteiger partial charge in [0.1, 0.15) is 11.5 Å². The van der Waals surface area contributed by atoms with Crippen LogP contribution in [0.4, 0.5) is 0 Å². The van der Waals surface area contributed by atoms with Crippen LogP contribution in [0.25, 0.3) is 0 Å². The van der Waals surface area contributed by atoms with E-state index in [4.69, 9.17) is 9.47 Å². The van der Waals surface area contributed by atoms with E-state index >= 15 is 0 Å². The number of methoxy groups -OCH3 is 1. The fraction of sp³-hybridized carbons (Fsp3) is 0.588. The summed E-state index contributed by atoms with van der Waals surface area (Å²) in [5.41, 5.74) is 0. The van der Waals surface area contributed by atoms with Gasteiger partial charge in [0.25, 0.3) is 0 Å². The molecular formula is C17H30IN3O2. The second-order valence-corrected chi connectivity index (χ2v) is 4.92. The standard InChI is InChI=1S/C17H29N3O2.HI/c1-4-6-11-19-17(18-5-2)20-12-8-13-22-16-10-7-9-15(14-16)21-3;/h7,9-10,14H,4-6,8,11-13H2,1-3H3,(H2,18,19,20);1H. The van der Waals surface area contributed by atoms with E-state index in [0.717, 1.165) is 49.9 Å². The topological polar surface area (TPSA) is 54.9 Å². The Kier molecular flexibility index (Phi) is 13.7. The van der Waals surface area contributed by atoms with Gasteiger partial charge < -0.3 is 20.1 Å². The highest BCUT2D eigenvalue weighted by Crippen LogP contribution is 2.18. The average molecular weight is 435 g/mol. The Morgan fingerprint density at radius 1 is 1.13 bits per heavy atom. The molecule has 0 aliphatic rings. The second-order valence-electron chi connectivity index (χ2n) is 4.92. The summed E-state index contributed by atoms with van der Waals surface area (Å²) in [5, 5.41) is 6.57. The van der Waals surface area contributed by atoms with Crippen molar-refractivity contribution >= 4 is 29.9 Å². The van der Waals surface area contributed by atoms with Crippen molar-refractivity contribution in [3.63, 3.8) is 0 Å². The predicted molar refractivity (Wildman–Crippen MR) is 107 cm³/mol. The highest BCUT2D eigenvalue weighted by atomic mass is 127. The van der Waals surface area contributed by atoms with E-state index in [2.05, 4.69) is 29.5 Å². The van der Waals surface area contributed by atoms with Crippen molar-refractivity contribution in [2.75, 3.05) is 33.4 Å². The van der Waals surface area contributed by atoms with Gasteiger partial charge in [-0.25, -0.2) is 0 Å². The van der Waals surface area contributed by atoms with Crippen molar-refractivity contribution in [1.29, 1.82) is 0 Å². The molecule has 0 saturated heterocycles. The van der Waals surface area contributed by atoms with E-state index < -0.39 is 0 Å². The average Bonchev–Trinajstić information content (AvgIpc) is 2.55. The SMILES string of the molecule is CCCCNC(=NCCCOc1cccc(OC)c1)NCC.I. The minimum atomic E-state index is 0. The number of ether oxygens (including phenoxy) is 2. The summed E-state index contributed by atoms with van der Waals surface area (Å²) in [6.45, 7) is 7.47. The van der Waals surface area contributed by atoms with Crippen LogP contribution in [-0.4, -0.2) is 39.3 Å². The Morgan fingerprint density at radius 2 is 1.91 bits per heavy atom. The molecule has 0 spiro atoms. The van der Waals surface area contributed by atoms with Crippen LogP contribution in [0, 0.1) is 0 Å². The molecule has 5 nitrogen and oxygen atoms in total. The van der Waals surface area contributed by atoms with Crippen LogP contribution in [0.2, 0.25) is 0 Å². The lowest BCUT2D eigenvalue weighted by atomic mass is 10.3. The largest absolute Gasteiger partial charge is 0.497 e. The fourth-order valence-electron chi connectivity index (χ4n) is 1.86. The maximum absolute atomic E-state index is 5.70. The van der Waals surface area contributed by atoms with Crippen LogP contribution < -0.4 is 20.1 Å². The van der Waals surface area contributed by atoms with Crippen LogP contribution in [0.3, 0.4) is 0 Å². The number of hydrogen-bond acceptors (Lipinski definition) is 3. The van der Waals surface area contributed by atoms with Gasteiger partial charge in [-0.05, 0) is 25.5 Å². The molecule has 0 bridgehead atoms. The van der Waals surface area contributed by atoms with Gasteiger partial charge in [-0.1, -0.05) is 19.4 Å². The summed E-state index contributed by atoms with van der Waals surface area (Å²) >= 11 is 0. The van der Waals surface area contributed by atoms with Gasteiger partial charge in [-0.15, -0.1) is 24.0 Å². The zero-order valence-electron chi connectivity index (χ0n) is 14.4. The number of guanidine groups is 1. The van der Waals surface area contributed by atoms with Crippen LogP contribution in [0.5, 0.6) is 11.5 Å². The molecule has 0 radical (unpaired) electrons. The van der Waals surface area contributed by atoms with E-state index in [1.165, 1.54) is 6.42 Å². The van der Waals surface area contributed by atoms with Gasteiger partial charge in [0.2, 0.25) is 0 Å². The number of benzene rings is 1. The predicted octanol–water partition coefficient (Wildman–Crippen LogP) is 3.44. The summed E-state index contributed by atoms with van der Waals surface area (Å²) in [5.74, 6) is 2.53. The highest BCUT2D eigenvalue weighted by Gasteiger charge is 1.98. The van der Waals surface area contributed by atoms with Gasteiger partial charge in [0, 0.05) is 32.1 Å². The molecule has 0 atom stereocenters. The number of hydrogen-bond donors (Lipinski definition) is 2. The van der Waals surface area contributed by atoms with E-state index in [1.807, 2.05) is 24.3 Å². The van der Waals surface area contributed by atoms with Gasteiger partial charge in [-0.2, -0.15) is 0 Å². The van der Waals surface area contributed by atoms with Crippen LogP contribution in [-0.2, 0) is 0 Å². The number of rotatable bonds is 10. The molecule has 0 aromatic heterocycles. The van der Waals surface area contributed by atoms with Crippen molar-refractivity contribution < 1.29 is 9.47 Å². The Labute approximate surface area is 157 Å². The summed E-state index contributed by atoms with van der Waals surface area (Å²) in [6, 6.07) is 7.65. The molecular weight excluding hydrogens is 405 g/mol. The molecule has 0 unspecified atom stereocenters. The van der Waals surface area contributed by atoms with Crippen molar-refractivity contribution in [3.8, 4) is 11.5 Å². The molecule has 0 fully saturated rings. The third-order valence-corrected chi connectivity index (χ3v) is 3.05. The minimum Gasteiger partial charge on any atom is -0.497 e. The summed E-state index contributed by atoms with van der Waals surface area (Å²) in [7, 11) is 1.65. The summed E-state index contributed by atoms with van der Waals surface area (Å²) in [6.07, 6.45) is 3.21. The van der Waals surface area contributed by atoms with Crippen molar-refractivity contribution in [1.82, 2.24) is 10.6 Å². The lowest BCUT2D eigenvalue weighted by Crippen LogP contribution is -2.37. The smallest absolute Gasteiger partial charge is 0.191 e. The van der Waals surface area contributed by atoms with Gasteiger partial charge >= 0.3 is 0 Å². The molecule has 6 heteroatoms. The Morgan fingerprint density at radius 3 is 2.61 bits per heavy atom. The lowest BCUT2D eigenvalue weighted by molar-refractivity contribution is 0.311. The van der Waals surface area contributed by atoms with Gasteiger partial charge in [-0.3, -0.25) is 4.99 Å². The third kappa shape index (κ3) is 10.3. The van der Waals surface area contributed by atoms with Gasteiger partial charge in [0.15, 0.2) is 5.96 Å². The number of unbranched alkanes of at least 4 members (excludes halogenated alkanes) is 1. The van der Waals surface area contributed by atoms with E-state index in [-0.39, 0.29) is 24.0 Å². The van der Waals surface area contributed by atoms with Crippen LogP contribution >= 0.6 is 24.0 Å². The van der Waals surface area contributed by atoms with Crippen molar-refractivity contribution in [2.24, 2.45) is 4.99 Å². The molecule has 0 heterocycles. The second kappa shape index (κ2) is 14.4. The first-order valence-corrected chi connectivity index (χ1v) is 8.09. The van der Waals surface area contributed by atoms with Crippen LogP contribution in [0.1, 0.15) is 33.1 Å². The Hall–Kier alpha value is -1.18. The van der Waals surface area contributed by atoms with E-state index in [0.29, 0.717) is 6.61 Å². The number of halogens is 1. The number of nitrogens with one attached hydrogen (secondary N) is 2. The van der Waals surface area contributed by atoms with Gasteiger partial charge in [0.05, 0.1) is 13.7 Å². The first-order chi connectivity index (χ1) is 10.8. The quantitative estimate of drug-likeness (QED) is 0.256. The first kappa shape index (κ1) is 21.8. The minimum absolute atomic E-state index is 0. The zero-order chi connectivity index (χ0) is 16.0. The molecule has 23 heavy (non-hydrogen) atoms. The zero-order valence-corrected chi connectivity index (χ0v) is 16.8. The summed E-state index contributed by atoms with van der Waals surface area (Å²) < 4.78 is 10.9. The molecule has 0 saturated carbocycles. The molecule has 0 aliphatic carbocycles. The summed E-state index contributed by atoms with van der Waals surface area (Å²) in [4.78, 5) is 4.54. The highest BCUT2D eigenvalue weighted by molar-refractivity contribution is 14.0. The molecule has 1 aromatic rings. The third-order valence-electron chi connectivity index (χ3n) is 3.05.